The molecule has 0 aliphatic heterocycles. The van der Waals surface area contributed by atoms with Crippen molar-refractivity contribution in [2.75, 3.05) is 0 Å². The molecule has 0 aliphatic carbocycles. The first kappa shape index (κ1) is 17.3. The van der Waals surface area contributed by atoms with E-state index in [4.69, 9.17) is 0 Å². The minimum atomic E-state index is -5.07. The smallest absolute Gasteiger partial charge is 0.415 e. The number of benzene rings is 2. The number of carbonyl (C=O) groups excluding carboxylic acids is 1. The van der Waals surface area contributed by atoms with Crippen LogP contribution in [0, 0.1) is 21.7 Å². The van der Waals surface area contributed by atoms with Crippen molar-refractivity contribution in [2.24, 2.45) is 0 Å². The Morgan fingerprint density at radius 1 is 1.04 bits per heavy atom. The number of carbonyl (C=O) groups is 1. The summed E-state index contributed by atoms with van der Waals surface area (Å²) in [6.45, 7) is 0. The van der Waals surface area contributed by atoms with E-state index in [1.807, 2.05) is 0 Å². The number of ether oxygens (including phenoxy) is 1. The third-order valence-corrected chi connectivity index (χ3v) is 2.83. The van der Waals surface area contributed by atoms with Gasteiger partial charge in [0, 0.05) is 12.1 Å². The zero-order valence-corrected chi connectivity index (χ0v) is 11.4. The molecule has 0 bridgehead atoms. The van der Waals surface area contributed by atoms with E-state index in [0.29, 0.717) is 30.3 Å². The lowest BCUT2D eigenvalue weighted by atomic mass is 10.1. The molecule has 0 amide bonds. The van der Waals surface area contributed by atoms with E-state index in [1.165, 1.54) is 0 Å². The van der Waals surface area contributed by atoms with E-state index in [0.717, 1.165) is 0 Å². The molecule has 0 saturated carbocycles. The Morgan fingerprint density at radius 3 is 2.21 bits per heavy atom. The molecule has 0 radical (unpaired) electrons. The molecule has 2 aromatic rings. The lowest BCUT2D eigenvalue weighted by molar-refractivity contribution is -0.385. The highest BCUT2D eigenvalue weighted by molar-refractivity contribution is 5.93. The van der Waals surface area contributed by atoms with Gasteiger partial charge < -0.3 is 4.74 Å². The second-order valence-corrected chi connectivity index (χ2v) is 4.45. The second kappa shape index (κ2) is 6.22. The van der Waals surface area contributed by atoms with Crippen molar-refractivity contribution in [3.63, 3.8) is 0 Å². The quantitative estimate of drug-likeness (QED) is 0.275. The highest BCUT2D eigenvalue weighted by Gasteiger charge is 2.36. The van der Waals surface area contributed by atoms with E-state index < -0.39 is 51.3 Å². The number of nitro groups is 1. The molecule has 0 fully saturated rings. The molecule has 10 heteroatoms. The number of nitrogens with zero attached hydrogens (tertiary/aromatic N) is 1. The third kappa shape index (κ3) is 3.65. The average Bonchev–Trinajstić information content (AvgIpc) is 2.45. The molecule has 5 nitrogen and oxygen atoms in total. The number of esters is 1. The van der Waals surface area contributed by atoms with E-state index in [2.05, 4.69) is 4.74 Å². The molecule has 0 heterocycles. The van der Waals surface area contributed by atoms with Crippen molar-refractivity contribution in [3.05, 3.63) is 69.3 Å². The maximum Gasteiger partial charge on any atom is 0.417 e. The van der Waals surface area contributed by atoms with Crippen LogP contribution in [0.25, 0.3) is 0 Å². The SMILES string of the molecule is O=C(Oc1cc(F)ccc1[N+](=O)[O-])c1ccc(F)cc1C(F)(F)F. The highest BCUT2D eigenvalue weighted by atomic mass is 19.4. The van der Waals surface area contributed by atoms with Crippen LogP contribution in [0.4, 0.5) is 27.6 Å². The average molecular weight is 347 g/mol. The summed E-state index contributed by atoms with van der Waals surface area (Å²) in [4.78, 5) is 21.7. The predicted octanol–water partition coefficient (Wildman–Crippen LogP) is 4.11. The fourth-order valence-electron chi connectivity index (χ4n) is 1.80. The molecule has 0 aromatic heterocycles. The molecule has 2 aromatic carbocycles. The minimum Gasteiger partial charge on any atom is -0.415 e. The van der Waals surface area contributed by atoms with E-state index in [1.54, 1.807) is 0 Å². The summed E-state index contributed by atoms with van der Waals surface area (Å²) in [5.74, 6) is -4.76. The molecule has 126 valence electrons. The summed E-state index contributed by atoms with van der Waals surface area (Å²) in [5, 5.41) is 10.8. The largest absolute Gasteiger partial charge is 0.417 e. The topological polar surface area (TPSA) is 69.4 Å². The van der Waals surface area contributed by atoms with Crippen molar-refractivity contribution in [2.45, 2.75) is 6.18 Å². The van der Waals surface area contributed by atoms with Gasteiger partial charge in [-0.25, -0.2) is 13.6 Å². The van der Waals surface area contributed by atoms with Crippen LogP contribution in [0.5, 0.6) is 5.75 Å². The zero-order valence-electron chi connectivity index (χ0n) is 11.4. The lowest BCUT2D eigenvalue weighted by Crippen LogP contribution is -2.17. The maximum absolute atomic E-state index is 13.1. The zero-order chi connectivity index (χ0) is 18.1. The standard InChI is InChI=1S/C14H6F5NO4/c15-7-1-3-9(10(5-7)14(17,18)19)13(21)24-12-6-8(16)2-4-11(12)20(22)23/h1-6H. The van der Waals surface area contributed by atoms with E-state index in [-0.39, 0.29) is 6.07 Å². The summed E-state index contributed by atoms with van der Waals surface area (Å²) in [5.41, 5.74) is -3.51. The number of rotatable bonds is 3. The van der Waals surface area contributed by atoms with E-state index in [9.17, 15) is 36.9 Å². The second-order valence-electron chi connectivity index (χ2n) is 4.45. The van der Waals surface area contributed by atoms with Crippen molar-refractivity contribution in [3.8, 4) is 5.75 Å². The van der Waals surface area contributed by atoms with Gasteiger partial charge in [-0.1, -0.05) is 0 Å². The highest BCUT2D eigenvalue weighted by Crippen LogP contribution is 2.34. The Labute approximate surface area is 130 Å². The first-order valence-electron chi connectivity index (χ1n) is 6.12. The van der Waals surface area contributed by atoms with Crippen LogP contribution < -0.4 is 4.74 Å². The fourth-order valence-corrected chi connectivity index (χ4v) is 1.80. The van der Waals surface area contributed by atoms with Crippen LogP contribution in [0.1, 0.15) is 15.9 Å². The Morgan fingerprint density at radius 2 is 1.62 bits per heavy atom. The monoisotopic (exact) mass is 347 g/mol. The van der Waals surface area contributed by atoms with Gasteiger partial charge in [0.1, 0.15) is 11.6 Å². The van der Waals surface area contributed by atoms with Gasteiger partial charge in [0.2, 0.25) is 5.75 Å². The minimum absolute atomic E-state index is 0.0799. The van der Waals surface area contributed by atoms with Crippen LogP contribution in [0.2, 0.25) is 0 Å². The molecule has 0 saturated heterocycles. The molecular weight excluding hydrogens is 341 g/mol. The molecule has 0 spiro atoms. The van der Waals surface area contributed by atoms with Gasteiger partial charge >= 0.3 is 17.8 Å². The maximum atomic E-state index is 13.1. The van der Waals surface area contributed by atoms with Crippen molar-refractivity contribution in [1.29, 1.82) is 0 Å². The lowest BCUT2D eigenvalue weighted by Gasteiger charge is -2.12. The van der Waals surface area contributed by atoms with Gasteiger partial charge in [0.25, 0.3) is 0 Å². The summed E-state index contributed by atoms with van der Waals surface area (Å²) in [7, 11) is 0. The predicted molar refractivity (Wildman–Crippen MR) is 69.4 cm³/mol. The molecule has 2 rings (SSSR count). The van der Waals surface area contributed by atoms with E-state index >= 15 is 0 Å². The molecular formula is C14H6F5NO4. The first-order chi connectivity index (χ1) is 11.1. The normalized spacial score (nSPS) is 11.2. The molecule has 0 N–H and O–H groups in total. The summed E-state index contributed by atoms with van der Waals surface area (Å²) < 4.78 is 69.2. The van der Waals surface area contributed by atoms with Gasteiger partial charge in [-0.05, 0) is 24.3 Å². The number of nitro benzene ring substituents is 1. The Hall–Kier alpha value is -3.04. The molecule has 0 atom stereocenters. The van der Waals surface area contributed by atoms with Gasteiger partial charge in [-0.3, -0.25) is 10.1 Å². The van der Waals surface area contributed by atoms with Gasteiger partial charge in [-0.2, -0.15) is 13.2 Å². The Bertz CT molecular complexity index is 819. The van der Waals surface area contributed by atoms with Gasteiger partial charge in [0.15, 0.2) is 0 Å². The molecule has 0 aliphatic rings. The van der Waals surface area contributed by atoms with Gasteiger partial charge in [0.05, 0.1) is 16.1 Å². The van der Waals surface area contributed by atoms with Crippen LogP contribution >= 0.6 is 0 Å². The van der Waals surface area contributed by atoms with Crippen molar-refractivity contribution in [1.82, 2.24) is 0 Å². The molecule has 0 unspecified atom stereocenters. The Balaban J connectivity index is 2.45. The van der Waals surface area contributed by atoms with Crippen LogP contribution in [0.15, 0.2) is 36.4 Å². The van der Waals surface area contributed by atoms with Crippen LogP contribution in [0.3, 0.4) is 0 Å². The van der Waals surface area contributed by atoms with Gasteiger partial charge in [-0.15, -0.1) is 0 Å². The van der Waals surface area contributed by atoms with Crippen molar-refractivity contribution < 1.29 is 36.4 Å². The summed E-state index contributed by atoms with van der Waals surface area (Å²) in [6.07, 6.45) is -5.07. The van der Waals surface area contributed by atoms with Crippen LogP contribution in [-0.2, 0) is 6.18 Å². The fraction of sp³-hybridized carbons (Fsp3) is 0.0714. The number of halogens is 5. The summed E-state index contributed by atoms with van der Waals surface area (Å²) >= 11 is 0. The van der Waals surface area contributed by atoms with Crippen LogP contribution in [-0.4, -0.2) is 10.9 Å². The number of hydrogen-bond acceptors (Lipinski definition) is 4. The first-order valence-corrected chi connectivity index (χ1v) is 6.12. The van der Waals surface area contributed by atoms with Crippen molar-refractivity contribution >= 4 is 11.7 Å². The number of alkyl halides is 3. The number of hydrogen-bond donors (Lipinski definition) is 0. The third-order valence-electron chi connectivity index (χ3n) is 2.83. The Kier molecular flexibility index (Phi) is 4.49. The molecule has 24 heavy (non-hydrogen) atoms. The summed E-state index contributed by atoms with van der Waals surface area (Å²) in [6, 6.07) is 3.07.